The van der Waals surface area contributed by atoms with Crippen molar-refractivity contribution in [3.8, 4) is 0 Å². The fraction of sp³-hybridized carbons (Fsp3) is 0.538. The lowest BCUT2D eigenvalue weighted by Gasteiger charge is -2.24. The van der Waals surface area contributed by atoms with E-state index in [-0.39, 0.29) is 11.8 Å². The summed E-state index contributed by atoms with van der Waals surface area (Å²) in [5, 5.41) is 0.643. The molecule has 0 radical (unpaired) electrons. The van der Waals surface area contributed by atoms with Gasteiger partial charge in [0.25, 0.3) is 0 Å². The number of unbranched alkanes of at least 4 members (excludes halogenated alkanes) is 1. The van der Waals surface area contributed by atoms with E-state index in [9.17, 15) is 8.42 Å². The first-order valence-electron chi connectivity index (χ1n) is 6.29. The molecule has 0 aliphatic carbocycles. The van der Waals surface area contributed by atoms with Gasteiger partial charge in [0, 0.05) is 18.1 Å². The quantitative estimate of drug-likeness (QED) is 0.787. The Morgan fingerprint density at radius 2 is 1.84 bits per heavy atom. The zero-order valence-corrected chi connectivity index (χ0v) is 12.9. The Morgan fingerprint density at radius 1 is 1.26 bits per heavy atom. The number of halogens is 1. The highest BCUT2D eigenvalue weighted by molar-refractivity contribution is 7.89. The summed E-state index contributed by atoms with van der Waals surface area (Å²) in [4.78, 5) is 0. The van der Waals surface area contributed by atoms with Crippen LogP contribution >= 0.6 is 11.6 Å². The van der Waals surface area contributed by atoms with E-state index in [0.29, 0.717) is 18.0 Å². The molecule has 1 atom stereocenters. The molecule has 0 saturated carbocycles. The summed E-state index contributed by atoms with van der Waals surface area (Å²) in [5.41, 5.74) is 6.30. The van der Waals surface area contributed by atoms with Crippen LogP contribution in [-0.2, 0) is 10.0 Å². The standard InChI is InChI=1S/C13H21ClN2O2S/c1-11(12-5-7-13(14)8-6-12)16(2)19(17,18)10-4-3-9-15/h5-8,11H,3-4,9-10,15H2,1-2H3. The number of hydrogen-bond donors (Lipinski definition) is 1. The van der Waals surface area contributed by atoms with Crippen LogP contribution in [0.4, 0.5) is 0 Å². The number of rotatable bonds is 7. The average Bonchev–Trinajstić information content (AvgIpc) is 2.38. The van der Waals surface area contributed by atoms with Gasteiger partial charge in [-0.25, -0.2) is 8.42 Å². The monoisotopic (exact) mass is 304 g/mol. The van der Waals surface area contributed by atoms with E-state index >= 15 is 0 Å². The van der Waals surface area contributed by atoms with E-state index in [4.69, 9.17) is 17.3 Å². The Bertz CT molecular complexity index is 488. The highest BCUT2D eigenvalue weighted by atomic mass is 35.5. The molecular weight excluding hydrogens is 284 g/mol. The van der Waals surface area contributed by atoms with Crippen LogP contribution in [0.2, 0.25) is 5.02 Å². The molecule has 1 rings (SSSR count). The average molecular weight is 305 g/mol. The molecule has 0 aliphatic rings. The molecule has 0 amide bonds. The van der Waals surface area contributed by atoms with Gasteiger partial charge in [0.15, 0.2) is 0 Å². The lowest BCUT2D eigenvalue weighted by Crippen LogP contribution is -2.32. The molecule has 1 aromatic carbocycles. The van der Waals surface area contributed by atoms with Crippen molar-refractivity contribution >= 4 is 21.6 Å². The Hall–Kier alpha value is -0.620. The molecule has 0 bridgehead atoms. The van der Waals surface area contributed by atoms with Crippen molar-refractivity contribution in [2.24, 2.45) is 5.73 Å². The van der Waals surface area contributed by atoms with Gasteiger partial charge >= 0.3 is 0 Å². The third-order valence-corrected chi connectivity index (χ3v) is 5.44. The number of nitrogens with two attached hydrogens (primary N) is 1. The van der Waals surface area contributed by atoms with Crippen molar-refractivity contribution in [2.75, 3.05) is 19.3 Å². The van der Waals surface area contributed by atoms with E-state index in [1.807, 2.05) is 19.1 Å². The van der Waals surface area contributed by atoms with Gasteiger partial charge in [-0.3, -0.25) is 0 Å². The lowest BCUT2D eigenvalue weighted by molar-refractivity contribution is 0.397. The van der Waals surface area contributed by atoms with Gasteiger partial charge in [-0.05, 0) is 44.0 Å². The van der Waals surface area contributed by atoms with Crippen molar-refractivity contribution in [1.82, 2.24) is 4.31 Å². The summed E-state index contributed by atoms with van der Waals surface area (Å²) in [7, 11) is -1.64. The maximum atomic E-state index is 12.1. The van der Waals surface area contributed by atoms with Crippen LogP contribution in [0, 0.1) is 0 Å². The maximum absolute atomic E-state index is 12.1. The van der Waals surface area contributed by atoms with Gasteiger partial charge in [-0.15, -0.1) is 0 Å². The van der Waals surface area contributed by atoms with Crippen LogP contribution in [-0.4, -0.2) is 32.1 Å². The van der Waals surface area contributed by atoms with E-state index < -0.39 is 10.0 Å². The van der Waals surface area contributed by atoms with Gasteiger partial charge in [-0.2, -0.15) is 4.31 Å². The Balaban J connectivity index is 2.75. The summed E-state index contributed by atoms with van der Waals surface area (Å²) >= 11 is 5.83. The largest absolute Gasteiger partial charge is 0.330 e. The molecule has 0 spiro atoms. The molecule has 1 unspecified atom stereocenters. The van der Waals surface area contributed by atoms with E-state index in [2.05, 4.69) is 0 Å². The van der Waals surface area contributed by atoms with Crippen LogP contribution in [0.5, 0.6) is 0 Å². The Labute approximate surface area is 120 Å². The minimum absolute atomic E-state index is 0.138. The second kappa shape index (κ2) is 7.24. The second-order valence-electron chi connectivity index (χ2n) is 4.56. The zero-order chi connectivity index (χ0) is 14.5. The SMILES string of the molecule is CC(c1ccc(Cl)cc1)N(C)S(=O)(=O)CCCCN. The third-order valence-electron chi connectivity index (χ3n) is 3.19. The highest BCUT2D eigenvalue weighted by Gasteiger charge is 2.23. The topological polar surface area (TPSA) is 63.4 Å². The molecule has 0 aliphatic heterocycles. The van der Waals surface area contributed by atoms with Crippen LogP contribution in [0.25, 0.3) is 0 Å². The minimum atomic E-state index is -3.25. The van der Waals surface area contributed by atoms with Gasteiger partial charge < -0.3 is 5.73 Å². The lowest BCUT2D eigenvalue weighted by atomic mass is 10.1. The summed E-state index contributed by atoms with van der Waals surface area (Å²) in [6.45, 7) is 2.38. The van der Waals surface area contributed by atoms with Gasteiger partial charge in [0.1, 0.15) is 0 Å². The van der Waals surface area contributed by atoms with Crippen LogP contribution in [0.15, 0.2) is 24.3 Å². The van der Waals surface area contributed by atoms with Crippen molar-refractivity contribution in [3.63, 3.8) is 0 Å². The number of sulfonamides is 1. The smallest absolute Gasteiger partial charge is 0.214 e. The summed E-state index contributed by atoms with van der Waals surface area (Å²) in [6.07, 6.45) is 1.32. The van der Waals surface area contributed by atoms with Gasteiger partial charge in [0.05, 0.1) is 5.75 Å². The number of benzene rings is 1. The van der Waals surface area contributed by atoms with Crippen LogP contribution in [0.1, 0.15) is 31.4 Å². The first-order chi connectivity index (χ1) is 8.88. The molecule has 108 valence electrons. The summed E-state index contributed by atoms with van der Waals surface area (Å²) < 4.78 is 25.7. The Morgan fingerprint density at radius 3 is 2.37 bits per heavy atom. The van der Waals surface area contributed by atoms with Crippen molar-refractivity contribution in [3.05, 3.63) is 34.9 Å². The van der Waals surface area contributed by atoms with E-state index in [0.717, 1.165) is 12.0 Å². The first kappa shape index (κ1) is 16.4. The van der Waals surface area contributed by atoms with E-state index in [1.54, 1.807) is 19.2 Å². The van der Waals surface area contributed by atoms with Crippen molar-refractivity contribution in [2.45, 2.75) is 25.8 Å². The van der Waals surface area contributed by atoms with Crippen molar-refractivity contribution < 1.29 is 8.42 Å². The molecular formula is C13H21ClN2O2S. The normalized spacial score (nSPS) is 13.7. The highest BCUT2D eigenvalue weighted by Crippen LogP contribution is 2.23. The fourth-order valence-corrected chi connectivity index (χ4v) is 3.35. The fourth-order valence-electron chi connectivity index (χ4n) is 1.76. The zero-order valence-electron chi connectivity index (χ0n) is 11.3. The maximum Gasteiger partial charge on any atom is 0.214 e. The minimum Gasteiger partial charge on any atom is -0.330 e. The van der Waals surface area contributed by atoms with Crippen LogP contribution in [0.3, 0.4) is 0 Å². The molecule has 0 saturated heterocycles. The summed E-state index contributed by atoms with van der Waals surface area (Å²) in [5.74, 6) is 0.138. The van der Waals surface area contributed by atoms with Gasteiger partial charge in [-0.1, -0.05) is 23.7 Å². The molecule has 4 nitrogen and oxygen atoms in total. The third kappa shape index (κ3) is 4.76. The number of hydrogen-bond acceptors (Lipinski definition) is 3. The second-order valence-corrected chi connectivity index (χ2v) is 7.14. The van der Waals surface area contributed by atoms with Crippen molar-refractivity contribution in [1.29, 1.82) is 0 Å². The first-order valence-corrected chi connectivity index (χ1v) is 8.28. The van der Waals surface area contributed by atoms with E-state index in [1.165, 1.54) is 4.31 Å². The van der Waals surface area contributed by atoms with Crippen LogP contribution < -0.4 is 5.73 Å². The van der Waals surface area contributed by atoms with Gasteiger partial charge in [0.2, 0.25) is 10.0 Å². The molecule has 0 heterocycles. The number of nitrogens with zero attached hydrogens (tertiary/aromatic N) is 1. The molecule has 19 heavy (non-hydrogen) atoms. The molecule has 0 aromatic heterocycles. The molecule has 6 heteroatoms. The molecule has 1 aromatic rings. The Kier molecular flexibility index (Phi) is 6.26. The molecule has 0 fully saturated rings. The summed E-state index contributed by atoms with van der Waals surface area (Å²) in [6, 6.07) is 7.02. The predicted octanol–water partition coefficient (Wildman–Crippen LogP) is 2.40. The predicted molar refractivity (Wildman–Crippen MR) is 79.7 cm³/mol. The molecule has 2 N–H and O–H groups in total.